The molecule has 8 heteroatoms. The number of aromatic nitrogens is 3. The summed E-state index contributed by atoms with van der Waals surface area (Å²) in [7, 11) is -1.50. The fourth-order valence-corrected chi connectivity index (χ4v) is 4.24. The zero-order chi connectivity index (χ0) is 21.0. The van der Waals surface area contributed by atoms with E-state index < -0.39 is 15.2 Å². The molecule has 2 aromatic heterocycles. The summed E-state index contributed by atoms with van der Waals surface area (Å²) >= 11 is 0. The third-order valence-corrected chi connectivity index (χ3v) is 8.04. The summed E-state index contributed by atoms with van der Waals surface area (Å²) < 4.78 is 20.3. The van der Waals surface area contributed by atoms with E-state index in [1.165, 1.54) is 12.8 Å². The summed E-state index contributed by atoms with van der Waals surface area (Å²) in [6, 6.07) is 3.31. The second kappa shape index (κ2) is 7.18. The molecule has 1 saturated heterocycles. The van der Waals surface area contributed by atoms with E-state index in [2.05, 4.69) is 53.4 Å². The fourth-order valence-electron chi connectivity index (χ4n) is 3.48. The van der Waals surface area contributed by atoms with E-state index >= 15 is 0 Å². The first-order chi connectivity index (χ1) is 13.5. The summed E-state index contributed by atoms with van der Waals surface area (Å²) in [5.74, 6) is 0.538. The number of hydrogen-bond donors (Lipinski definition) is 0. The monoisotopic (exact) mass is 415 g/mol. The van der Waals surface area contributed by atoms with Gasteiger partial charge in [0.1, 0.15) is 6.73 Å². The van der Waals surface area contributed by atoms with E-state index in [0.29, 0.717) is 12.6 Å². The van der Waals surface area contributed by atoms with Crippen molar-refractivity contribution in [3.63, 3.8) is 0 Å². The lowest BCUT2D eigenvalue weighted by Crippen LogP contribution is -2.41. The lowest BCUT2D eigenvalue weighted by atomic mass is 9.80. The normalized spacial score (nSPS) is 21.3. The van der Waals surface area contributed by atoms with Gasteiger partial charge in [-0.15, -0.1) is 0 Å². The minimum atomic E-state index is -1.10. The Morgan fingerprint density at radius 1 is 1.17 bits per heavy atom. The number of hydrogen-bond acceptors (Lipinski definition) is 5. The number of fused-ring (bicyclic) bond motifs is 1. The molecular formula is C21H34BN3O3Si. The molecule has 158 valence electrons. The quantitative estimate of drug-likeness (QED) is 0.507. The second-order valence-electron chi connectivity index (χ2n) is 10.7. The van der Waals surface area contributed by atoms with Crippen LogP contribution < -0.4 is 5.46 Å². The Hall–Kier alpha value is -1.22. The van der Waals surface area contributed by atoms with Gasteiger partial charge in [-0.05, 0) is 52.6 Å². The minimum absolute atomic E-state index is 0.361. The van der Waals surface area contributed by atoms with Gasteiger partial charge in [0.15, 0.2) is 5.65 Å². The van der Waals surface area contributed by atoms with Gasteiger partial charge in [-0.3, -0.25) is 0 Å². The highest BCUT2D eigenvalue weighted by Crippen LogP contribution is 2.42. The molecule has 2 fully saturated rings. The van der Waals surface area contributed by atoms with Crippen LogP contribution in [0.5, 0.6) is 0 Å². The molecule has 4 rings (SSSR count). The van der Waals surface area contributed by atoms with Crippen molar-refractivity contribution in [1.29, 1.82) is 0 Å². The molecule has 1 aliphatic carbocycles. The average Bonchev–Trinajstić information content (AvgIpc) is 3.34. The smallest absolute Gasteiger partial charge is 0.399 e. The van der Waals surface area contributed by atoms with Crippen LogP contribution in [0.4, 0.5) is 0 Å². The number of nitrogens with zero attached hydrogens (tertiary/aromatic N) is 3. The van der Waals surface area contributed by atoms with Crippen LogP contribution in [0.25, 0.3) is 11.0 Å². The zero-order valence-corrected chi connectivity index (χ0v) is 19.9. The fraction of sp³-hybridized carbons (Fsp3) is 0.714. The molecular weight excluding hydrogens is 381 g/mol. The van der Waals surface area contributed by atoms with Crippen LogP contribution >= 0.6 is 0 Å². The summed E-state index contributed by atoms with van der Waals surface area (Å²) in [6.07, 6.45) is 4.26. The second-order valence-corrected chi connectivity index (χ2v) is 16.4. The molecule has 0 atom stereocenters. The molecule has 0 aromatic carbocycles. The van der Waals surface area contributed by atoms with Crippen molar-refractivity contribution in [1.82, 2.24) is 14.8 Å². The lowest BCUT2D eigenvalue weighted by molar-refractivity contribution is 0.00578. The molecule has 0 radical (unpaired) electrons. The van der Waals surface area contributed by atoms with Crippen molar-refractivity contribution in [2.75, 3.05) is 6.61 Å². The van der Waals surface area contributed by atoms with E-state index in [1.807, 2.05) is 10.9 Å². The Kier molecular flexibility index (Phi) is 5.21. The Labute approximate surface area is 175 Å². The summed E-state index contributed by atoms with van der Waals surface area (Å²) in [6.45, 7) is 16.6. The van der Waals surface area contributed by atoms with E-state index in [-0.39, 0.29) is 11.2 Å². The van der Waals surface area contributed by atoms with Crippen molar-refractivity contribution in [3.8, 4) is 0 Å². The van der Waals surface area contributed by atoms with Crippen LogP contribution in [0.1, 0.15) is 52.1 Å². The molecule has 6 nitrogen and oxygen atoms in total. The van der Waals surface area contributed by atoms with E-state index in [1.54, 1.807) is 0 Å². The molecule has 0 bridgehead atoms. The average molecular weight is 415 g/mol. The molecule has 1 saturated carbocycles. The maximum Gasteiger partial charge on any atom is 0.496 e. The van der Waals surface area contributed by atoms with Gasteiger partial charge in [-0.25, -0.2) is 9.67 Å². The largest absolute Gasteiger partial charge is 0.496 e. The topological polar surface area (TPSA) is 58.4 Å². The third-order valence-electron chi connectivity index (χ3n) is 6.34. The van der Waals surface area contributed by atoms with Gasteiger partial charge < -0.3 is 14.0 Å². The van der Waals surface area contributed by atoms with Crippen molar-refractivity contribution in [2.45, 2.75) is 90.1 Å². The van der Waals surface area contributed by atoms with Gasteiger partial charge in [0, 0.05) is 37.6 Å². The summed E-state index contributed by atoms with van der Waals surface area (Å²) in [4.78, 5) is 4.75. The predicted octanol–water partition coefficient (Wildman–Crippen LogP) is 3.92. The van der Waals surface area contributed by atoms with E-state index in [4.69, 9.17) is 24.1 Å². The highest BCUT2D eigenvalue weighted by molar-refractivity contribution is 6.76. The van der Waals surface area contributed by atoms with Gasteiger partial charge in [0.05, 0.1) is 16.9 Å². The van der Waals surface area contributed by atoms with E-state index in [9.17, 15) is 0 Å². The van der Waals surface area contributed by atoms with Gasteiger partial charge >= 0.3 is 7.12 Å². The Morgan fingerprint density at radius 3 is 2.41 bits per heavy atom. The number of pyridine rings is 1. The number of rotatable bonds is 7. The first-order valence-electron chi connectivity index (χ1n) is 10.8. The maximum absolute atomic E-state index is 6.22. The SMILES string of the molecule is CC1(C)OB(c2cnc3c(c2)c(C2CC2)nn3COCC[Si](C)(C)C)OC1(C)C. The first kappa shape index (κ1) is 21.0. The van der Waals surface area contributed by atoms with Gasteiger partial charge in [-0.2, -0.15) is 5.10 Å². The van der Waals surface area contributed by atoms with Gasteiger partial charge in [-0.1, -0.05) is 19.6 Å². The summed E-state index contributed by atoms with van der Waals surface area (Å²) in [5, 5.41) is 5.97. The lowest BCUT2D eigenvalue weighted by Gasteiger charge is -2.32. The predicted molar refractivity (Wildman–Crippen MR) is 119 cm³/mol. The molecule has 29 heavy (non-hydrogen) atoms. The van der Waals surface area contributed by atoms with Crippen molar-refractivity contribution >= 4 is 31.7 Å². The highest BCUT2D eigenvalue weighted by atomic mass is 28.3. The number of ether oxygens (including phenoxy) is 1. The zero-order valence-electron chi connectivity index (χ0n) is 18.9. The van der Waals surface area contributed by atoms with Crippen LogP contribution in [-0.4, -0.2) is 47.8 Å². The van der Waals surface area contributed by atoms with Crippen LogP contribution in [0.3, 0.4) is 0 Å². The van der Waals surface area contributed by atoms with Crippen LogP contribution in [-0.2, 0) is 20.8 Å². The van der Waals surface area contributed by atoms with Gasteiger partial charge in [0.25, 0.3) is 0 Å². The molecule has 2 aliphatic rings. The molecule has 2 aromatic rings. The standard InChI is InChI=1S/C21H34BN3O3Si/c1-20(2)21(3,4)28-22(27-20)16-12-17-18(15-8-9-15)24-25(19(17)23-13-16)14-26-10-11-29(5,6)7/h12-13,15H,8-11,14H2,1-7H3. The molecule has 0 N–H and O–H groups in total. The van der Waals surface area contributed by atoms with Crippen molar-refractivity contribution in [3.05, 3.63) is 18.0 Å². The molecule has 3 heterocycles. The summed E-state index contributed by atoms with van der Waals surface area (Å²) in [5.41, 5.74) is 2.26. The molecule has 0 unspecified atom stereocenters. The van der Waals surface area contributed by atoms with Crippen LogP contribution in [0.15, 0.2) is 12.3 Å². The van der Waals surface area contributed by atoms with Crippen molar-refractivity contribution in [2.24, 2.45) is 0 Å². The molecule has 0 spiro atoms. The van der Waals surface area contributed by atoms with E-state index in [0.717, 1.165) is 34.8 Å². The minimum Gasteiger partial charge on any atom is -0.399 e. The maximum atomic E-state index is 6.22. The van der Waals surface area contributed by atoms with Crippen LogP contribution in [0.2, 0.25) is 25.7 Å². The Morgan fingerprint density at radius 2 is 1.83 bits per heavy atom. The molecule has 1 aliphatic heterocycles. The Balaban J connectivity index is 1.57. The first-order valence-corrected chi connectivity index (χ1v) is 14.5. The van der Waals surface area contributed by atoms with Gasteiger partial charge in [0.2, 0.25) is 0 Å². The Bertz CT molecular complexity index is 886. The van der Waals surface area contributed by atoms with Crippen molar-refractivity contribution < 1.29 is 14.0 Å². The highest BCUT2D eigenvalue weighted by Gasteiger charge is 2.52. The molecule has 0 amide bonds. The van der Waals surface area contributed by atoms with Crippen LogP contribution in [0, 0.1) is 0 Å². The third kappa shape index (κ3) is 4.31.